The molecule has 24 heavy (non-hydrogen) atoms. The Balaban J connectivity index is 2.57. The molecule has 0 saturated carbocycles. The lowest BCUT2D eigenvalue weighted by molar-refractivity contribution is 0.588. The molecule has 138 valence electrons. The number of nitrogen functional groups attached to an aromatic ring is 1. The van der Waals surface area contributed by atoms with Crippen LogP contribution in [0.5, 0.6) is 0 Å². The standard InChI is InChI=1S/C20H38N4/c1-5-8-9-10-11-12-13-14-18-17(4)22-20(23-19(18)21)24(15-6-2)16-7-3/h5-16H2,1-4H3,(H2,21,22,23). The Kier molecular flexibility index (Phi) is 10.4. The van der Waals surface area contributed by atoms with Gasteiger partial charge in [0.05, 0.1) is 0 Å². The van der Waals surface area contributed by atoms with Gasteiger partial charge >= 0.3 is 0 Å². The Morgan fingerprint density at radius 3 is 1.92 bits per heavy atom. The topological polar surface area (TPSA) is 55.0 Å². The summed E-state index contributed by atoms with van der Waals surface area (Å²) in [7, 11) is 0. The third kappa shape index (κ3) is 7.06. The van der Waals surface area contributed by atoms with Crippen LogP contribution in [-0.4, -0.2) is 23.1 Å². The molecule has 0 aliphatic carbocycles. The summed E-state index contributed by atoms with van der Waals surface area (Å²) in [5.74, 6) is 1.48. The zero-order valence-electron chi connectivity index (χ0n) is 16.4. The summed E-state index contributed by atoms with van der Waals surface area (Å²) in [5.41, 5.74) is 8.46. The van der Waals surface area contributed by atoms with Crippen molar-refractivity contribution in [3.8, 4) is 0 Å². The quantitative estimate of drug-likeness (QED) is 0.498. The lowest BCUT2D eigenvalue weighted by atomic mass is 10.0. The molecule has 1 rings (SSSR count). The van der Waals surface area contributed by atoms with E-state index in [1.165, 1.54) is 44.9 Å². The summed E-state index contributed by atoms with van der Waals surface area (Å²) in [5, 5.41) is 0. The van der Waals surface area contributed by atoms with Crippen molar-refractivity contribution in [1.82, 2.24) is 9.97 Å². The summed E-state index contributed by atoms with van der Waals surface area (Å²) in [6, 6.07) is 0. The largest absolute Gasteiger partial charge is 0.383 e. The van der Waals surface area contributed by atoms with Crippen LogP contribution < -0.4 is 10.6 Å². The maximum Gasteiger partial charge on any atom is 0.227 e. The molecule has 4 heteroatoms. The molecule has 0 atom stereocenters. The molecule has 0 unspecified atom stereocenters. The SMILES string of the molecule is CCCCCCCCCc1c(C)nc(N(CCC)CCC)nc1N. The van der Waals surface area contributed by atoms with Gasteiger partial charge in [0, 0.05) is 24.3 Å². The minimum Gasteiger partial charge on any atom is -0.383 e. The van der Waals surface area contributed by atoms with Crippen LogP contribution in [0, 0.1) is 6.92 Å². The molecular formula is C20H38N4. The second-order valence-corrected chi connectivity index (χ2v) is 6.83. The van der Waals surface area contributed by atoms with Gasteiger partial charge in [0.25, 0.3) is 0 Å². The molecule has 4 nitrogen and oxygen atoms in total. The summed E-state index contributed by atoms with van der Waals surface area (Å²) in [6.07, 6.45) is 12.4. The van der Waals surface area contributed by atoms with E-state index in [9.17, 15) is 0 Å². The van der Waals surface area contributed by atoms with E-state index in [1.807, 2.05) is 0 Å². The Morgan fingerprint density at radius 1 is 0.792 bits per heavy atom. The van der Waals surface area contributed by atoms with Gasteiger partial charge in [-0.25, -0.2) is 4.98 Å². The molecule has 1 heterocycles. The highest BCUT2D eigenvalue weighted by molar-refractivity contribution is 5.48. The van der Waals surface area contributed by atoms with E-state index in [0.717, 1.165) is 49.6 Å². The van der Waals surface area contributed by atoms with Crippen LogP contribution in [0.2, 0.25) is 0 Å². The molecule has 0 aliphatic rings. The van der Waals surface area contributed by atoms with Crippen molar-refractivity contribution in [2.24, 2.45) is 0 Å². The number of hydrogen-bond donors (Lipinski definition) is 1. The van der Waals surface area contributed by atoms with E-state index in [1.54, 1.807) is 0 Å². The Labute approximate surface area is 149 Å². The zero-order chi connectivity index (χ0) is 17.8. The average Bonchev–Trinajstić information content (AvgIpc) is 2.55. The molecule has 0 bridgehead atoms. The average molecular weight is 335 g/mol. The number of nitrogens with zero attached hydrogens (tertiary/aromatic N) is 3. The molecule has 0 spiro atoms. The number of hydrogen-bond acceptors (Lipinski definition) is 4. The molecule has 1 aromatic rings. The van der Waals surface area contributed by atoms with E-state index in [4.69, 9.17) is 10.7 Å². The maximum atomic E-state index is 6.25. The van der Waals surface area contributed by atoms with Gasteiger partial charge in [-0.1, -0.05) is 59.3 Å². The van der Waals surface area contributed by atoms with Crippen LogP contribution in [-0.2, 0) is 6.42 Å². The van der Waals surface area contributed by atoms with Crippen LogP contribution in [0.25, 0.3) is 0 Å². The molecule has 0 fully saturated rings. The Morgan fingerprint density at radius 2 is 1.38 bits per heavy atom. The van der Waals surface area contributed by atoms with Gasteiger partial charge in [0.1, 0.15) is 5.82 Å². The number of rotatable bonds is 13. The second-order valence-electron chi connectivity index (χ2n) is 6.83. The number of nitrogens with two attached hydrogens (primary N) is 1. The molecule has 0 radical (unpaired) electrons. The van der Waals surface area contributed by atoms with Crippen molar-refractivity contribution in [1.29, 1.82) is 0 Å². The number of aromatic nitrogens is 2. The van der Waals surface area contributed by atoms with Crippen molar-refractivity contribution in [2.75, 3.05) is 23.7 Å². The van der Waals surface area contributed by atoms with Gasteiger partial charge in [-0.15, -0.1) is 0 Å². The van der Waals surface area contributed by atoms with Crippen LogP contribution in [0.15, 0.2) is 0 Å². The fourth-order valence-electron chi connectivity index (χ4n) is 3.16. The maximum absolute atomic E-state index is 6.25. The van der Waals surface area contributed by atoms with Crippen molar-refractivity contribution >= 4 is 11.8 Å². The monoisotopic (exact) mass is 334 g/mol. The van der Waals surface area contributed by atoms with Gasteiger partial charge in [-0.3, -0.25) is 0 Å². The van der Waals surface area contributed by atoms with E-state index in [0.29, 0.717) is 5.82 Å². The Bertz CT molecular complexity index is 430. The van der Waals surface area contributed by atoms with Crippen molar-refractivity contribution in [3.63, 3.8) is 0 Å². The van der Waals surface area contributed by atoms with Crippen molar-refractivity contribution in [3.05, 3.63) is 11.3 Å². The van der Waals surface area contributed by atoms with Crippen LogP contribution in [0.1, 0.15) is 89.8 Å². The van der Waals surface area contributed by atoms with E-state index in [2.05, 4.69) is 37.6 Å². The van der Waals surface area contributed by atoms with Gasteiger partial charge in [-0.2, -0.15) is 4.98 Å². The van der Waals surface area contributed by atoms with Crippen LogP contribution >= 0.6 is 0 Å². The number of aryl methyl sites for hydroxylation is 1. The summed E-state index contributed by atoms with van der Waals surface area (Å²) >= 11 is 0. The molecule has 0 aliphatic heterocycles. The third-order valence-corrected chi connectivity index (χ3v) is 4.53. The van der Waals surface area contributed by atoms with Crippen molar-refractivity contribution < 1.29 is 0 Å². The predicted molar refractivity (Wildman–Crippen MR) is 106 cm³/mol. The van der Waals surface area contributed by atoms with Crippen LogP contribution in [0.4, 0.5) is 11.8 Å². The van der Waals surface area contributed by atoms with E-state index < -0.39 is 0 Å². The zero-order valence-corrected chi connectivity index (χ0v) is 16.4. The molecular weight excluding hydrogens is 296 g/mol. The Hall–Kier alpha value is -1.32. The van der Waals surface area contributed by atoms with Gasteiger partial charge in [0.15, 0.2) is 0 Å². The molecule has 1 aromatic heterocycles. The third-order valence-electron chi connectivity index (χ3n) is 4.53. The smallest absolute Gasteiger partial charge is 0.227 e. The van der Waals surface area contributed by atoms with E-state index >= 15 is 0 Å². The molecule has 2 N–H and O–H groups in total. The van der Waals surface area contributed by atoms with E-state index in [-0.39, 0.29) is 0 Å². The van der Waals surface area contributed by atoms with Crippen LogP contribution in [0.3, 0.4) is 0 Å². The normalized spacial score (nSPS) is 11.0. The minimum absolute atomic E-state index is 0.681. The highest BCUT2D eigenvalue weighted by Crippen LogP contribution is 2.21. The first kappa shape index (κ1) is 20.7. The predicted octanol–water partition coefficient (Wildman–Crippen LogP) is 5.29. The highest BCUT2D eigenvalue weighted by Gasteiger charge is 2.13. The summed E-state index contributed by atoms with van der Waals surface area (Å²) in [4.78, 5) is 11.6. The molecule has 0 saturated heterocycles. The highest BCUT2D eigenvalue weighted by atomic mass is 15.3. The lowest BCUT2D eigenvalue weighted by Gasteiger charge is -2.22. The fourth-order valence-corrected chi connectivity index (χ4v) is 3.16. The molecule has 0 amide bonds. The van der Waals surface area contributed by atoms with Gasteiger partial charge in [-0.05, 0) is 32.6 Å². The summed E-state index contributed by atoms with van der Waals surface area (Å²) in [6.45, 7) is 10.7. The first-order chi connectivity index (χ1) is 11.6. The minimum atomic E-state index is 0.681. The van der Waals surface area contributed by atoms with Crippen molar-refractivity contribution in [2.45, 2.75) is 91.9 Å². The van der Waals surface area contributed by atoms with Gasteiger partial charge < -0.3 is 10.6 Å². The number of anilines is 2. The fraction of sp³-hybridized carbons (Fsp3) is 0.800. The summed E-state index contributed by atoms with van der Waals surface area (Å²) < 4.78 is 0. The first-order valence-electron chi connectivity index (χ1n) is 10.0. The molecule has 0 aromatic carbocycles. The number of unbranched alkanes of at least 4 members (excludes halogenated alkanes) is 6. The first-order valence-corrected chi connectivity index (χ1v) is 10.0. The second kappa shape index (κ2) is 12.1. The lowest BCUT2D eigenvalue weighted by Crippen LogP contribution is -2.27. The van der Waals surface area contributed by atoms with Gasteiger partial charge in [0.2, 0.25) is 5.95 Å².